The molecule has 1 aromatic carbocycles. The highest BCUT2D eigenvalue weighted by Crippen LogP contribution is 2.17. The lowest BCUT2D eigenvalue weighted by molar-refractivity contribution is -0.122. The van der Waals surface area contributed by atoms with E-state index < -0.39 is 6.10 Å². The van der Waals surface area contributed by atoms with Crippen molar-refractivity contribution in [1.29, 1.82) is 0 Å². The van der Waals surface area contributed by atoms with Crippen molar-refractivity contribution in [2.75, 3.05) is 31.2 Å². The Balaban J connectivity index is 1.48. The summed E-state index contributed by atoms with van der Waals surface area (Å²) in [4.78, 5) is 11.8. The molecule has 122 valence electrons. The molecular formula is C15H21BrN2O3S. The third-order valence-electron chi connectivity index (χ3n) is 3.26. The van der Waals surface area contributed by atoms with Crippen molar-refractivity contribution in [1.82, 2.24) is 10.6 Å². The Kier molecular flexibility index (Phi) is 7.51. The number of aliphatic hydroxyl groups excluding tert-OH is 1. The highest BCUT2D eigenvalue weighted by Gasteiger charge is 2.27. The Bertz CT molecular complexity index is 490. The number of rotatable bonds is 8. The highest BCUT2D eigenvalue weighted by molar-refractivity contribution is 9.10. The van der Waals surface area contributed by atoms with Crippen LogP contribution in [0.15, 0.2) is 28.7 Å². The van der Waals surface area contributed by atoms with Gasteiger partial charge in [-0.25, -0.2) is 0 Å². The summed E-state index contributed by atoms with van der Waals surface area (Å²) in [6, 6.07) is 7.52. The molecule has 3 N–H and O–H groups in total. The van der Waals surface area contributed by atoms with E-state index in [2.05, 4.69) is 26.6 Å². The molecule has 5 nitrogen and oxygen atoms in total. The number of ether oxygens (including phenoxy) is 1. The molecule has 2 atom stereocenters. The number of thioether (sulfide) groups is 1. The molecule has 0 radical (unpaired) electrons. The van der Waals surface area contributed by atoms with Crippen LogP contribution in [0.2, 0.25) is 0 Å². The van der Waals surface area contributed by atoms with Gasteiger partial charge in [0.05, 0.1) is 18.8 Å². The third-order valence-corrected chi connectivity index (χ3v) is 4.70. The molecule has 2 unspecified atom stereocenters. The molecule has 1 aliphatic rings. The van der Waals surface area contributed by atoms with Crippen molar-refractivity contribution in [3.63, 3.8) is 0 Å². The van der Waals surface area contributed by atoms with Crippen LogP contribution in [-0.4, -0.2) is 54.4 Å². The van der Waals surface area contributed by atoms with Crippen LogP contribution < -0.4 is 15.4 Å². The van der Waals surface area contributed by atoms with Gasteiger partial charge in [0.25, 0.3) is 0 Å². The summed E-state index contributed by atoms with van der Waals surface area (Å²) in [5.74, 6) is 2.56. The molecule has 1 aliphatic heterocycles. The molecule has 1 aromatic rings. The summed E-state index contributed by atoms with van der Waals surface area (Å²) in [5, 5.41) is 15.2. The topological polar surface area (TPSA) is 70.6 Å². The molecule has 7 heteroatoms. The number of amides is 1. The maximum absolute atomic E-state index is 11.8. The Hall–Kier alpha value is -0.760. The molecule has 1 saturated heterocycles. The van der Waals surface area contributed by atoms with E-state index >= 15 is 0 Å². The first-order valence-corrected chi connectivity index (χ1v) is 9.25. The molecule has 1 fully saturated rings. The normalized spacial score (nSPS) is 20.8. The second kappa shape index (κ2) is 9.39. The van der Waals surface area contributed by atoms with Crippen LogP contribution >= 0.6 is 27.7 Å². The summed E-state index contributed by atoms with van der Waals surface area (Å²) in [5.41, 5.74) is 0. The standard InChI is InChI=1S/C15H21BrN2O3S/c16-11-2-1-3-13(8-11)21-5-7-22-6-4-17-15(20)14-9-12(19)10-18-14/h1-3,8,12,14,18-19H,4-7,9-10H2,(H,17,20). The number of hydrogen-bond donors (Lipinski definition) is 3. The fraction of sp³-hybridized carbons (Fsp3) is 0.533. The lowest BCUT2D eigenvalue weighted by Gasteiger charge is -2.11. The molecule has 0 aromatic heterocycles. The number of benzene rings is 1. The minimum Gasteiger partial charge on any atom is -0.493 e. The van der Waals surface area contributed by atoms with Crippen LogP contribution in [-0.2, 0) is 4.79 Å². The molecular weight excluding hydrogens is 368 g/mol. The van der Waals surface area contributed by atoms with Crippen molar-refractivity contribution in [2.45, 2.75) is 18.6 Å². The first-order valence-electron chi connectivity index (χ1n) is 7.30. The van der Waals surface area contributed by atoms with Gasteiger partial charge in [-0.2, -0.15) is 11.8 Å². The third kappa shape index (κ3) is 6.16. The number of hydrogen-bond acceptors (Lipinski definition) is 5. The molecule has 0 aliphatic carbocycles. The van der Waals surface area contributed by atoms with Crippen LogP contribution in [0.4, 0.5) is 0 Å². The summed E-state index contributed by atoms with van der Waals surface area (Å²) >= 11 is 5.14. The minimum atomic E-state index is -0.403. The van der Waals surface area contributed by atoms with E-state index in [1.807, 2.05) is 24.3 Å². The molecule has 1 amide bonds. The van der Waals surface area contributed by atoms with Crippen LogP contribution in [0.25, 0.3) is 0 Å². The van der Waals surface area contributed by atoms with Crippen LogP contribution in [0.5, 0.6) is 5.75 Å². The first-order chi connectivity index (χ1) is 10.6. The quantitative estimate of drug-likeness (QED) is 0.587. The smallest absolute Gasteiger partial charge is 0.237 e. The predicted octanol–water partition coefficient (Wildman–Crippen LogP) is 1.40. The van der Waals surface area contributed by atoms with Gasteiger partial charge < -0.3 is 20.5 Å². The van der Waals surface area contributed by atoms with Crippen LogP contribution in [0, 0.1) is 0 Å². The van der Waals surface area contributed by atoms with Gasteiger partial charge in [-0.1, -0.05) is 22.0 Å². The monoisotopic (exact) mass is 388 g/mol. The lowest BCUT2D eigenvalue weighted by Crippen LogP contribution is -2.41. The van der Waals surface area contributed by atoms with Crippen molar-refractivity contribution in [3.8, 4) is 5.75 Å². The van der Waals surface area contributed by atoms with Crippen molar-refractivity contribution < 1.29 is 14.6 Å². The Morgan fingerprint density at radius 1 is 1.50 bits per heavy atom. The van der Waals surface area contributed by atoms with Gasteiger partial charge in [0.2, 0.25) is 5.91 Å². The summed E-state index contributed by atoms with van der Waals surface area (Å²) < 4.78 is 6.64. The van der Waals surface area contributed by atoms with E-state index in [-0.39, 0.29) is 11.9 Å². The zero-order valence-electron chi connectivity index (χ0n) is 12.3. The van der Waals surface area contributed by atoms with Gasteiger partial charge in [-0.05, 0) is 24.6 Å². The van der Waals surface area contributed by atoms with Crippen LogP contribution in [0.3, 0.4) is 0 Å². The van der Waals surface area contributed by atoms with E-state index in [0.717, 1.165) is 21.7 Å². The van der Waals surface area contributed by atoms with Gasteiger partial charge in [0.1, 0.15) is 5.75 Å². The average Bonchev–Trinajstić information content (AvgIpc) is 2.93. The number of carbonyl (C=O) groups excluding carboxylic acids is 1. The van der Waals surface area contributed by atoms with Gasteiger partial charge in [0.15, 0.2) is 0 Å². The van der Waals surface area contributed by atoms with E-state index in [0.29, 0.717) is 26.1 Å². The summed E-state index contributed by atoms with van der Waals surface area (Å²) in [6.07, 6.45) is 0.0970. The van der Waals surface area contributed by atoms with Gasteiger partial charge >= 0.3 is 0 Å². The largest absolute Gasteiger partial charge is 0.493 e. The van der Waals surface area contributed by atoms with E-state index in [1.54, 1.807) is 11.8 Å². The summed E-state index contributed by atoms with van der Waals surface area (Å²) in [6.45, 7) is 1.78. The minimum absolute atomic E-state index is 0.0254. The van der Waals surface area contributed by atoms with Gasteiger partial charge in [0, 0.05) is 29.1 Å². The maximum Gasteiger partial charge on any atom is 0.237 e. The molecule has 2 rings (SSSR count). The number of aliphatic hydroxyl groups is 1. The van der Waals surface area contributed by atoms with Crippen molar-refractivity contribution >= 4 is 33.6 Å². The second-order valence-corrected chi connectivity index (χ2v) is 7.20. The summed E-state index contributed by atoms with van der Waals surface area (Å²) in [7, 11) is 0. The molecule has 0 bridgehead atoms. The Labute approximate surface area is 143 Å². The zero-order chi connectivity index (χ0) is 15.8. The molecule has 1 heterocycles. The highest BCUT2D eigenvalue weighted by atomic mass is 79.9. The Morgan fingerprint density at radius 3 is 3.09 bits per heavy atom. The first kappa shape index (κ1) is 17.6. The van der Waals surface area contributed by atoms with E-state index in [4.69, 9.17) is 4.74 Å². The van der Waals surface area contributed by atoms with Gasteiger partial charge in [-0.3, -0.25) is 4.79 Å². The predicted molar refractivity (Wildman–Crippen MR) is 92.4 cm³/mol. The molecule has 0 spiro atoms. The van der Waals surface area contributed by atoms with E-state index in [9.17, 15) is 9.90 Å². The number of β-amino-alcohol motifs (C(OH)–C–C–N with tert-alkyl or cyclic N) is 1. The Morgan fingerprint density at radius 2 is 2.36 bits per heavy atom. The number of carbonyl (C=O) groups is 1. The number of nitrogens with one attached hydrogen (secondary N) is 2. The average molecular weight is 389 g/mol. The SMILES string of the molecule is O=C(NCCSCCOc1cccc(Br)c1)C1CC(O)CN1. The second-order valence-electron chi connectivity index (χ2n) is 5.06. The zero-order valence-corrected chi connectivity index (χ0v) is 14.7. The van der Waals surface area contributed by atoms with E-state index in [1.165, 1.54) is 0 Å². The number of halogens is 1. The fourth-order valence-electron chi connectivity index (χ4n) is 2.16. The molecule has 22 heavy (non-hydrogen) atoms. The van der Waals surface area contributed by atoms with Crippen molar-refractivity contribution in [2.24, 2.45) is 0 Å². The van der Waals surface area contributed by atoms with Crippen molar-refractivity contribution in [3.05, 3.63) is 28.7 Å². The lowest BCUT2D eigenvalue weighted by atomic mass is 10.2. The fourth-order valence-corrected chi connectivity index (χ4v) is 3.19. The van der Waals surface area contributed by atoms with Crippen LogP contribution in [0.1, 0.15) is 6.42 Å². The maximum atomic E-state index is 11.8. The van der Waals surface area contributed by atoms with Gasteiger partial charge in [-0.15, -0.1) is 0 Å². The molecule has 0 saturated carbocycles.